The second kappa shape index (κ2) is 7.63. The predicted octanol–water partition coefficient (Wildman–Crippen LogP) is 2.05. The van der Waals surface area contributed by atoms with Crippen molar-refractivity contribution in [2.24, 2.45) is 0 Å². The highest BCUT2D eigenvalue weighted by atomic mass is 16.5. The van der Waals surface area contributed by atoms with Crippen LogP contribution in [-0.4, -0.2) is 45.6 Å². The van der Waals surface area contributed by atoms with Crippen LogP contribution in [-0.2, 0) is 6.54 Å². The lowest BCUT2D eigenvalue weighted by molar-refractivity contribution is 0.326. The van der Waals surface area contributed by atoms with Crippen molar-refractivity contribution in [3.05, 3.63) is 65.2 Å². The van der Waals surface area contributed by atoms with E-state index < -0.39 is 0 Å². The van der Waals surface area contributed by atoms with Crippen LogP contribution >= 0.6 is 0 Å². The summed E-state index contributed by atoms with van der Waals surface area (Å²) in [4.78, 5) is 21.6. The van der Waals surface area contributed by atoms with Crippen molar-refractivity contribution < 1.29 is 14.2 Å². The largest absolute Gasteiger partial charge is 0.493 e. The maximum Gasteiger partial charge on any atom is 0.261 e. The monoisotopic (exact) mass is 393 g/mol. The van der Waals surface area contributed by atoms with Crippen LogP contribution in [0.5, 0.6) is 17.2 Å². The van der Waals surface area contributed by atoms with Crippen molar-refractivity contribution in [3.8, 4) is 22.9 Å². The summed E-state index contributed by atoms with van der Waals surface area (Å²) in [6.45, 7) is 0.314. The van der Waals surface area contributed by atoms with Crippen molar-refractivity contribution >= 4 is 10.9 Å². The van der Waals surface area contributed by atoms with Gasteiger partial charge in [0.25, 0.3) is 5.56 Å². The fourth-order valence-electron chi connectivity index (χ4n) is 3.26. The molecule has 0 unspecified atom stereocenters. The quantitative estimate of drug-likeness (QED) is 0.495. The van der Waals surface area contributed by atoms with E-state index in [4.69, 9.17) is 14.2 Å². The van der Waals surface area contributed by atoms with Gasteiger partial charge in [0.2, 0.25) is 5.75 Å². The van der Waals surface area contributed by atoms with E-state index in [2.05, 4.69) is 15.1 Å². The van der Waals surface area contributed by atoms with Crippen LogP contribution in [0.2, 0.25) is 0 Å². The molecule has 2 aromatic heterocycles. The number of hydrogen-bond acceptors (Lipinski definition) is 7. The lowest BCUT2D eigenvalue weighted by Crippen LogP contribution is -2.22. The molecule has 2 aromatic carbocycles. The van der Waals surface area contributed by atoms with Gasteiger partial charge < -0.3 is 14.2 Å². The highest BCUT2D eigenvalue weighted by molar-refractivity contribution is 5.89. The lowest BCUT2D eigenvalue weighted by Gasteiger charge is -2.15. The van der Waals surface area contributed by atoms with Gasteiger partial charge in [-0.3, -0.25) is 9.36 Å². The first-order chi connectivity index (χ1) is 14.2. The minimum Gasteiger partial charge on any atom is -0.493 e. The van der Waals surface area contributed by atoms with Crippen molar-refractivity contribution in [2.75, 3.05) is 21.3 Å². The SMILES string of the molecule is COc1cc2c(=O)n(Cc3ccccc3-n3cncn3)cnc2c(OC)c1OC. The van der Waals surface area contributed by atoms with E-state index in [9.17, 15) is 4.79 Å². The molecule has 0 saturated heterocycles. The first-order valence-corrected chi connectivity index (χ1v) is 8.79. The van der Waals surface area contributed by atoms with Gasteiger partial charge in [-0.2, -0.15) is 5.10 Å². The Morgan fingerprint density at radius 1 is 1.00 bits per heavy atom. The fraction of sp³-hybridized carbons (Fsp3) is 0.200. The Labute approximate surface area is 166 Å². The number of ether oxygens (including phenoxy) is 3. The molecule has 0 aliphatic rings. The second-order valence-electron chi connectivity index (χ2n) is 6.19. The number of aromatic nitrogens is 5. The zero-order valence-electron chi connectivity index (χ0n) is 16.2. The number of methoxy groups -OCH3 is 3. The van der Waals surface area contributed by atoms with Gasteiger partial charge in [-0.1, -0.05) is 18.2 Å². The van der Waals surface area contributed by atoms with Crippen molar-refractivity contribution in [3.63, 3.8) is 0 Å². The number of benzene rings is 2. The van der Waals surface area contributed by atoms with Crippen LogP contribution in [0, 0.1) is 0 Å². The van der Waals surface area contributed by atoms with Gasteiger partial charge in [-0.05, 0) is 17.7 Å². The predicted molar refractivity (Wildman–Crippen MR) is 106 cm³/mol. The van der Waals surface area contributed by atoms with Gasteiger partial charge in [-0.15, -0.1) is 0 Å². The zero-order valence-corrected chi connectivity index (χ0v) is 16.2. The van der Waals surface area contributed by atoms with Crippen molar-refractivity contribution in [2.45, 2.75) is 6.54 Å². The topological polar surface area (TPSA) is 93.3 Å². The molecule has 0 radical (unpaired) electrons. The standard InChI is InChI=1S/C20H19N5O4/c1-27-16-8-14-17(19(29-3)18(16)28-2)22-12-24(20(14)26)9-13-6-4-5-7-15(13)25-11-21-10-23-25/h4-8,10-12H,9H2,1-3H3. The van der Waals surface area contributed by atoms with Crippen LogP contribution in [0.15, 0.2) is 54.1 Å². The number of fused-ring (bicyclic) bond motifs is 1. The first-order valence-electron chi connectivity index (χ1n) is 8.79. The maximum atomic E-state index is 13.2. The third kappa shape index (κ3) is 3.16. The van der Waals surface area contributed by atoms with Crippen LogP contribution < -0.4 is 19.8 Å². The molecule has 0 aliphatic carbocycles. The summed E-state index contributed by atoms with van der Waals surface area (Å²) in [5.41, 5.74) is 1.93. The highest BCUT2D eigenvalue weighted by Gasteiger charge is 2.20. The zero-order chi connectivity index (χ0) is 20.4. The van der Waals surface area contributed by atoms with E-state index in [-0.39, 0.29) is 5.56 Å². The number of rotatable bonds is 6. The minimum absolute atomic E-state index is 0.220. The van der Waals surface area contributed by atoms with E-state index in [1.165, 1.54) is 38.6 Å². The molecular weight excluding hydrogens is 374 g/mol. The number of nitrogens with zero attached hydrogens (tertiary/aromatic N) is 5. The molecular formula is C20H19N5O4. The molecule has 148 valence electrons. The Morgan fingerprint density at radius 3 is 2.48 bits per heavy atom. The Balaban J connectivity index is 1.85. The van der Waals surface area contributed by atoms with Crippen LogP contribution in [0.25, 0.3) is 16.6 Å². The summed E-state index contributed by atoms with van der Waals surface area (Å²) < 4.78 is 19.4. The van der Waals surface area contributed by atoms with Crippen LogP contribution in [0.3, 0.4) is 0 Å². The normalized spacial score (nSPS) is 10.9. The van der Waals surface area contributed by atoms with E-state index >= 15 is 0 Å². The van der Waals surface area contributed by atoms with Gasteiger partial charge in [-0.25, -0.2) is 14.6 Å². The Morgan fingerprint density at radius 2 is 1.79 bits per heavy atom. The summed E-state index contributed by atoms with van der Waals surface area (Å²) in [7, 11) is 4.51. The van der Waals surface area contributed by atoms with Crippen LogP contribution in [0.4, 0.5) is 0 Å². The molecule has 0 atom stereocenters. The van der Waals surface area contributed by atoms with E-state index in [1.807, 2.05) is 24.3 Å². The van der Waals surface area contributed by atoms with Crippen molar-refractivity contribution in [1.82, 2.24) is 24.3 Å². The van der Waals surface area contributed by atoms with Gasteiger partial charge in [0.15, 0.2) is 11.5 Å². The molecule has 0 fully saturated rings. The third-order valence-corrected chi connectivity index (χ3v) is 4.62. The average Bonchev–Trinajstić information content (AvgIpc) is 3.29. The summed E-state index contributed by atoms with van der Waals surface area (Å²) in [5.74, 6) is 1.15. The van der Waals surface area contributed by atoms with Gasteiger partial charge in [0, 0.05) is 0 Å². The summed E-state index contributed by atoms with van der Waals surface area (Å²) in [6.07, 6.45) is 4.58. The Hall–Kier alpha value is -3.88. The molecule has 4 rings (SSSR count). The Kier molecular flexibility index (Phi) is 4.86. The fourth-order valence-corrected chi connectivity index (χ4v) is 3.26. The molecule has 0 saturated carbocycles. The molecule has 9 nitrogen and oxygen atoms in total. The molecule has 2 heterocycles. The molecule has 29 heavy (non-hydrogen) atoms. The van der Waals surface area contributed by atoms with Gasteiger partial charge >= 0.3 is 0 Å². The molecule has 9 heteroatoms. The van der Waals surface area contributed by atoms with E-state index in [0.29, 0.717) is 34.7 Å². The van der Waals surface area contributed by atoms with E-state index in [0.717, 1.165) is 11.3 Å². The van der Waals surface area contributed by atoms with Crippen LogP contribution in [0.1, 0.15) is 5.56 Å². The summed E-state index contributed by atoms with van der Waals surface area (Å²) >= 11 is 0. The first kappa shape index (κ1) is 18.5. The smallest absolute Gasteiger partial charge is 0.261 e. The Bertz CT molecular complexity index is 1220. The molecule has 0 amide bonds. The lowest BCUT2D eigenvalue weighted by atomic mass is 10.1. The maximum absolute atomic E-state index is 13.2. The van der Waals surface area contributed by atoms with E-state index in [1.54, 1.807) is 17.1 Å². The average molecular weight is 393 g/mol. The molecule has 0 aliphatic heterocycles. The molecule has 0 N–H and O–H groups in total. The van der Waals surface area contributed by atoms with Gasteiger partial charge in [0.05, 0.1) is 45.3 Å². The molecule has 0 bridgehead atoms. The molecule has 0 spiro atoms. The highest BCUT2D eigenvalue weighted by Crippen LogP contribution is 2.41. The van der Waals surface area contributed by atoms with Crippen molar-refractivity contribution in [1.29, 1.82) is 0 Å². The summed E-state index contributed by atoms with van der Waals surface area (Å²) in [5, 5.41) is 4.56. The summed E-state index contributed by atoms with van der Waals surface area (Å²) in [6, 6.07) is 9.28. The number of para-hydroxylation sites is 1. The third-order valence-electron chi connectivity index (χ3n) is 4.62. The minimum atomic E-state index is -0.220. The second-order valence-corrected chi connectivity index (χ2v) is 6.19. The van der Waals surface area contributed by atoms with Gasteiger partial charge in [0.1, 0.15) is 18.2 Å². The molecule has 4 aromatic rings. The number of hydrogen-bond donors (Lipinski definition) is 0.